The molecule has 0 bridgehead atoms. The number of carbonyl (C=O) groups is 1. The van der Waals surface area contributed by atoms with Crippen LogP contribution >= 0.6 is 0 Å². The summed E-state index contributed by atoms with van der Waals surface area (Å²) in [4.78, 5) is 15.4. The molecule has 94 valence electrons. The van der Waals surface area contributed by atoms with Crippen molar-refractivity contribution in [1.82, 2.24) is 14.9 Å². The Balaban J connectivity index is 2.17. The Kier molecular flexibility index (Phi) is 3.36. The van der Waals surface area contributed by atoms with E-state index in [0.717, 1.165) is 12.1 Å². The molecule has 0 aliphatic rings. The van der Waals surface area contributed by atoms with E-state index in [0.29, 0.717) is 0 Å². The maximum absolute atomic E-state index is 13.5. The molecule has 2 rings (SSSR count). The van der Waals surface area contributed by atoms with Crippen molar-refractivity contribution in [3.63, 3.8) is 0 Å². The Morgan fingerprint density at radius 3 is 2.61 bits per heavy atom. The van der Waals surface area contributed by atoms with Crippen LogP contribution in [0.2, 0.25) is 0 Å². The molecule has 1 atom stereocenters. The maximum atomic E-state index is 13.5. The minimum Gasteiger partial charge on any atom is -0.331 e. The van der Waals surface area contributed by atoms with Gasteiger partial charge in [-0.1, -0.05) is 6.07 Å². The van der Waals surface area contributed by atoms with Gasteiger partial charge in [0, 0.05) is 18.0 Å². The van der Waals surface area contributed by atoms with Crippen LogP contribution in [0.1, 0.15) is 18.5 Å². The molecule has 0 aliphatic heterocycles. The summed E-state index contributed by atoms with van der Waals surface area (Å²) in [6, 6.07) is 2.30. The molecule has 0 saturated heterocycles. The number of amides is 1. The summed E-state index contributed by atoms with van der Waals surface area (Å²) >= 11 is 0. The number of imidazole rings is 1. The predicted molar refractivity (Wildman–Crippen MR) is 60.9 cm³/mol. The number of hydrogen-bond donors (Lipinski definition) is 1. The molecule has 6 heteroatoms. The summed E-state index contributed by atoms with van der Waals surface area (Å²) in [7, 11) is 0. The summed E-state index contributed by atoms with van der Waals surface area (Å²) in [5.74, 6) is -1.37. The van der Waals surface area contributed by atoms with Gasteiger partial charge >= 0.3 is 6.03 Å². The Morgan fingerprint density at radius 2 is 2.06 bits per heavy atom. The highest BCUT2D eigenvalue weighted by Crippen LogP contribution is 2.20. The van der Waals surface area contributed by atoms with E-state index in [9.17, 15) is 13.6 Å². The minimum atomic E-state index is -0.777. The second-order valence-corrected chi connectivity index (χ2v) is 3.78. The van der Waals surface area contributed by atoms with E-state index in [1.807, 2.05) is 0 Å². The number of carbonyl (C=O) groups excluding carboxylic acids is 1. The Morgan fingerprint density at radius 1 is 1.39 bits per heavy atom. The lowest BCUT2D eigenvalue weighted by Crippen LogP contribution is -2.31. The van der Waals surface area contributed by atoms with Gasteiger partial charge in [0.1, 0.15) is 18.0 Å². The number of benzene rings is 1. The van der Waals surface area contributed by atoms with Crippen molar-refractivity contribution in [1.29, 1.82) is 0 Å². The van der Waals surface area contributed by atoms with Crippen LogP contribution in [0.3, 0.4) is 0 Å². The summed E-state index contributed by atoms with van der Waals surface area (Å²) in [6.45, 7) is 1.51. The van der Waals surface area contributed by atoms with Gasteiger partial charge in [0.15, 0.2) is 0 Å². The van der Waals surface area contributed by atoms with Crippen LogP contribution in [0.5, 0.6) is 0 Å². The number of aromatic nitrogens is 2. The fraction of sp³-hybridized carbons (Fsp3) is 0.167. The van der Waals surface area contributed by atoms with E-state index < -0.39 is 23.7 Å². The smallest absolute Gasteiger partial charge is 0.327 e. The van der Waals surface area contributed by atoms with Gasteiger partial charge < -0.3 is 5.32 Å². The van der Waals surface area contributed by atoms with Gasteiger partial charge in [-0.3, -0.25) is 4.57 Å². The third-order valence-electron chi connectivity index (χ3n) is 2.51. The first-order valence-corrected chi connectivity index (χ1v) is 5.32. The van der Waals surface area contributed by atoms with Crippen molar-refractivity contribution < 1.29 is 13.6 Å². The van der Waals surface area contributed by atoms with Crippen molar-refractivity contribution in [2.75, 3.05) is 0 Å². The first-order chi connectivity index (χ1) is 8.59. The number of rotatable bonds is 2. The lowest BCUT2D eigenvalue weighted by Gasteiger charge is -2.15. The minimum absolute atomic E-state index is 0.161. The number of hydrogen-bond acceptors (Lipinski definition) is 2. The van der Waals surface area contributed by atoms with Gasteiger partial charge in [0.05, 0.1) is 6.04 Å². The van der Waals surface area contributed by atoms with Crippen LogP contribution in [-0.2, 0) is 0 Å². The first-order valence-electron chi connectivity index (χ1n) is 5.32. The van der Waals surface area contributed by atoms with Crippen LogP contribution in [0.4, 0.5) is 13.6 Å². The van der Waals surface area contributed by atoms with E-state index in [4.69, 9.17) is 0 Å². The van der Waals surface area contributed by atoms with E-state index in [1.54, 1.807) is 0 Å². The molecule has 0 saturated carbocycles. The van der Waals surface area contributed by atoms with Gasteiger partial charge in [-0.25, -0.2) is 18.6 Å². The predicted octanol–water partition coefficient (Wildman–Crippen LogP) is 2.48. The largest absolute Gasteiger partial charge is 0.331 e. The van der Waals surface area contributed by atoms with Gasteiger partial charge in [-0.2, -0.15) is 0 Å². The molecule has 1 unspecified atom stereocenters. The van der Waals surface area contributed by atoms with Crippen molar-refractivity contribution in [2.24, 2.45) is 0 Å². The van der Waals surface area contributed by atoms with Gasteiger partial charge in [-0.05, 0) is 19.1 Å². The van der Waals surface area contributed by atoms with Crippen molar-refractivity contribution in [2.45, 2.75) is 13.0 Å². The van der Waals surface area contributed by atoms with Crippen LogP contribution in [0.25, 0.3) is 0 Å². The molecule has 1 aromatic carbocycles. The van der Waals surface area contributed by atoms with Crippen molar-refractivity contribution in [3.8, 4) is 0 Å². The highest BCUT2D eigenvalue weighted by Gasteiger charge is 2.18. The zero-order valence-corrected chi connectivity index (χ0v) is 9.60. The summed E-state index contributed by atoms with van der Waals surface area (Å²) < 4.78 is 28.2. The zero-order valence-electron chi connectivity index (χ0n) is 9.60. The second-order valence-electron chi connectivity index (χ2n) is 3.78. The van der Waals surface area contributed by atoms with E-state index in [2.05, 4.69) is 10.3 Å². The average molecular weight is 251 g/mol. The highest BCUT2D eigenvalue weighted by molar-refractivity contribution is 5.76. The molecular weight excluding hydrogens is 240 g/mol. The molecule has 0 fully saturated rings. The molecule has 1 N–H and O–H groups in total. The molecule has 1 amide bonds. The number of nitrogens with one attached hydrogen (secondary N) is 1. The van der Waals surface area contributed by atoms with Gasteiger partial charge in [0.25, 0.3) is 0 Å². The van der Waals surface area contributed by atoms with Crippen LogP contribution < -0.4 is 5.32 Å². The fourth-order valence-corrected chi connectivity index (χ4v) is 1.64. The van der Waals surface area contributed by atoms with Crippen LogP contribution in [-0.4, -0.2) is 15.6 Å². The standard InChI is InChI=1S/C12H11F2N3O/c1-8(11-9(13)3-2-4-10(11)14)16-12(18)17-6-5-15-7-17/h2-8H,1H3,(H,16,18). The molecule has 4 nitrogen and oxygen atoms in total. The Hall–Kier alpha value is -2.24. The lowest BCUT2D eigenvalue weighted by molar-refractivity contribution is 0.239. The molecule has 0 aliphatic carbocycles. The van der Waals surface area contributed by atoms with E-state index in [-0.39, 0.29) is 5.56 Å². The third-order valence-corrected chi connectivity index (χ3v) is 2.51. The summed E-state index contributed by atoms with van der Waals surface area (Å²) in [6.07, 6.45) is 4.19. The second kappa shape index (κ2) is 4.95. The monoisotopic (exact) mass is 251 g/mol. The van der Waals surface area contributed by atoms with Crippen LogP contribution in [0, 0.1) is 11.6 Å². The van der Waals surface area contributed by atoms with Gasteiger partial charge in [0.2, 0.25) is 0 Å². The normalized spacial score (nSPS) is 12.2. The molecule has 1 aromatic heterocycles. The highest BCUT2D eigenvalue weighted by atomic mass is 19.1. The van der Waals surface area contributed by atoms with Crippen molar-refractivity contribution in [3.05, 3.63) is 54.1 Å². The van der Waals surface area contributed by atoms with E-state index >= 15 is 0 Å². The summed E-state index contributed by atoms with van der Waals surface area (Å²) in [5, 5.41) is 2.48. The number of halogens is 2. The SMILES string of the molecule is CC(NC(=O)n1ccnc1)c1c(F)cccc1F. The zero-order chi connectivity index (χ0) is 13.1. The molecule has 0 radical (unpaired) electrons. The molecule has 0 spiro atoms. The van der Waals surface area contributed by atoms with Crippen molar-refractivity contribution >= 4 is 6.03 Å². The Labute approximate surface area is 102 Å². The molecule has 18 heavy (non-hydrogen) atoms. The quantitative estimate of drug-likeness (QED) is 0.891. The van der Waals surface area contributed by atoms with Gasteiger partial charge in [-0.15, -0.1) is 0 Å². The topological polar surface area (TPSA) is 46.9 Å². The van der Waals surface area contributed by atoms with Crippen LogP contribution in [0.15, 0.2) is 36.9 Å². The Bertz CT molecular complexity index is 534. The average Bonchev–Trinajstić information content (AvgIpc) is 2.81. The lowest BCUT2D eigenvalue weighted by atomic mass is 10.1. The fourth-order valence-electron chi connectivity index (χ4n) is 1.64. The third kappa shape index (κ3) is 2.37. The summed E-state index contributed by atoms with van der Waals surface area (Å²) in [5.41, 5.74) is -0.161. The number of nitrogens with zero attached hydrogens (tertiary/aromatic N) is 2. The van der Waals surface area contributed by atoms with E-state index in [1.165, 1.54) is 36.3 Å². The first kappa shape index (κ1) is 12.2. The maximum Gasteiger partial charge on any atom is 0.327 e. The molecular formula is C12H11F2N3O. The molecule has 1 heterocycles. The molecule has 2 aromatic rings.